The topological polar surface area (TPSA) is 55.1 Å². The summed E-state index contributed by atoms with van der Waals surface area (Å²) in [4.78, 5) is 12.2. The third-order valence-corrected chi connectivity index (χ3v) is 3.60. The highest BCUT2D eigenvalue weighted by atomic mass is 19.1. The van der Waals surface area contributed by atoms with Gasteiger partial charge in [-0.15, -0.1) is 0 Å². The predicted molar refractivity (Wildman–Crippen MR) is 72.0 cm³/mol. The van der Waals surface area contributed by atoms with Crippen molar-refractivity contribution in [3.05, 3.63) is 47.1 Å². The number of rotatable bonds is 2. The summed E-state index contributed by atoms with van der Waals surface area (Å²) in [5.74, 6) is 0.693. The zero-order valence-corrected chi connectivity index (χ0v) is 11.1. The van der Waals surface area contributed by atoms with Gasteiger partial charge in [0.25, 0.3) is 5.91 Å². The minimum Gasteiger partial charge on any atom is -0.360 e. The van der Waals surface area contributed by atoms with Gasteiger partial charge in [0.05, 0.1) is 0 Å². The van der Waals surface area contributed by atoms with Gasteiger partial charge in [0.2, 0.25) is 0 Å². The Bertz CT molecular complexity index is 634. The van der Waals surface area contributed by atoms with Crippen LogP contribution in [0.4, 0.5) is 10.1 Å². The van der Waals surface area contributed by atoms with Crippen LogP contribution in [0.25, 0.3) is 0 Å². The van der Waals surface area contributed by atoms with Crippen LogP contribution in [0.5, 0.6) is 0 Å². The number of anilines is 1. The fraction of sp³-hybridized carbons (Fsp3) is 0.333. The molecule has 0 aliphatic heterocycles. The number of nitrogens with one attached hydrogen (secondary N) is 1. The summed E-state index contributed by atoms with van der Waals surface area (Å²) in [6.45, 7) is 2.15. The molecule has 1 aliphatic carbocycles. The molecule has 1 amide bonds. The Labute approximate surface area is 116 Å². The van der Waals surface area contributed by atoms with E-state index in [9.17, 15) is 9.18 Å². The van der Waals surface area contributed by atoms with E-state index < -0.39 is 0 Å². The van der Waals surface area contributed by atoms with Crippen molar-refractivity contribution in [2.75, 3.05) is 5.32 Å². The van der Waals surface area contributed by atoms with Gasteiger partial charge in [0, 0.05) is 17.7 Å². The van der Waals surface area contributed by atoms with Gasteiger partial charge in [0.1, 0.15) is 11.6 Å². The van der Waals surface area contributed by atoms with E-state index in [2.05, 4.69) is 17.4 Å². The number of amides is 1. The van der Waals surface area contributed by atoms with Crippen molar-refractivity contribution in [2.45, 2.75) is 26.2 Å². The highest BCUT2D eigenvalue weighted by Gasteiger charge is 2.26. The zero-order chi connectivity index (χ0) is 14.1. The molecule has 5 heteroatoms. The number of fused-ring (bicyclic) bond motifs is 1. The third kappa shape index (κ3) is 2.43. The van der Waals surface area contributed by atoms with E-state index in [4.69, 9.17) is 4.52 Å². The summed E-state index contributed by atoms with van der Waals surface area (Å²) < 4.78 is 18.1. The number of nitrogens with zero attached hydrogens (tertiary/aromatic N) is 1. The normalized spacial score (nSPS) is 17.6. The van der Waals surface area contributed by atoms with Crippen LogP contribution in [0.2, 0.25) is 0 Å². The molecule has 1 aromatic heterocycles. The number of carbonyl (C=O) groups is 1. The first kappa shape index (κ1) is 12.8. The number of benzene rings is 1. The minimum absolute atomic E-state index is 0.310. The molecule has 3 rings (SSSR count). The van der Waals surface area contributed by atoms with Crippen LogP contribution < -0.4 is 5.32 Å². The minimum atomic E-state index is -0.337. The molecule has 0 saturated carbocycles. The highest BCUT2D eigenvalue weighted by molar-refractivity contribution is 6.03. The largest absolute Gasteiger partial charge is 0.360 e. The lowest BCUT2D eigenvalue weighted by molar-refractivity contribution is 0.101. The van der Waals surface area contributed by atoms with Crippen molar-refractivity contribution < 1.29 is 13.7 Å². The zero-order valence-electron chi connectivity index (χ0n) is 11.1. The van der Waals surface area contributed by atoms with E-state index in [1.165, 1.54) is 24.3 Å². The van der Waals surface area contributed by atoms with E-state index in [0.29, 0.717) is 17.3 Å². The van der Waals surface area contributed by atoms with Gasteiger partial charge in [-0.1, -0.05) is 12.1 Å². The average molecular weight is 274 g/mol. The summed E-state index contributed by atoms with van der Waals surface area (Å²) in [6, 6.07) is 5.64. The molecular weight excluding hydrogens is 259 g/mol. The number of aromatic nitrogens is 1. The van der Waals surface area contributed by atoms with Crippen molar-refractivity contribution in [3.63, 3.8) is 0 Å². The number of hydrogen-bond acceptors (Lipinski definition) is 3. The monoisotopic (exact) mass is 274 g/mol. The number of hydrogen-bond donors (Lipinski definition) is 1. The molecule has 1 unspecified atom stereocenters. The Kier molecular flexibility index (Phi) is 3.26. The Balaban J connectivity index is 1.81. The van der Waals surface area contributed by atoms with E-state index >= 15 is 0 Å². The molecule has 0 saturated heterocycles. The summed E-state index contributed by atoms with van der Waals surface area (Å²) in [6.07, 6.45) is 2.69. The quantitative estimate of drug-likeness (QED) is 0.915. The molecule has 20 heavy (non-hydrogen) atoms. The van der Waals surface area contributed by atoms with E-state index in [-0.39, 0.29) is 11.7 Å². The molecule has 1 heterocycles. The fourth-order valence-corrected chi connectivity index (χ4v) is 2.48. The average Bonchev–Trinajstić information content (AvgIpc) is 2.84. The molecule has 1 aromatic carbocycles. The smallest absolute Gasteiger partial charge is 0.278 e. The number of halogens is 1. The molecule has 0 fully saturated rings. The Morgan fingerprint density at radius 2 is 2.15 bits per heavy atom. The second-order valence-corrected chi connectivity index (χ2v) is 5.24. The second-order valence-electron chi connectivity index (χ2n) is 5.24. The standard InChI is InChI=1S/C15H15FN2O2/c1-9-2-7-13-12(8-9)14(18-20-13)15(19)17-11-5-3-10(16)4-6-11/h3-6,9H,2,7-8H2,1H3,(H,17,19). The Morgan fingerprint density at radius 3 is 2.90 bits per heavy atom. The van der Waals surface area contributed by atoms with E-state index in [1.807, 2.05) is 0 Å². The van der Waals surface area contributed by atoms with Crippen LogP contribution >= 0.6 is 0 Å². The summed E-state index contributed by atoms with van der Waals surface area (Å²) in [7, 11) is 0. The van der Waals surface area contributed by atoms with Crippen LogP contribution in [0.15, 0.2) is 28.8 Å². The highest BCUT2D eigenvalue weighted by Crippen LogP contribution is 2.28. The number of carbonyl (C=O) groups excluding carboxylic acids is 1. The molecule has 0 radical (unpaired) electrons. The molecule has 1 atom stereocenters. The first-order valence-electron chi connectivity index (χ1n) is 6.68. The molecule has 1 N–H and O–H groups in total. The van der Waals surface area contributed by atoms with Gasteiger partial charge in [-0.2, -0.15) is 0 Å². The maximum absolute atomic E-state index is 12.8. The predicted octanol–water partition coefficient (Wildman–Crippen LogP) is 3.19. The molecule has 2 aromatic rings. The van der Waals surface area contributed by atoms with Gasteiger partial charge in [-0.05, 0) is 43.0 Å². The lowest BCUT2D eigenvalue weighted by atomic mass is 9.88. The molecule has 104 valence electrons. The van der Waals surface area contributed by atoms with Gasteiger partial charge in [0.15, 0.2) is 5.69 Å². The summed E-state index contributed by atoms with van der Waals surface area (Å²) in [5, 5.41) is 6.59. The molecule has 1 aliphatic rings. The van der Waals surface area contributed by atoms with Crippen LogP contribution in [0.1, 0.15) is 35.2 Å². The van der Waals surface area contributed by atoms with Gasteiger partial charge in [-0.25, -0.2) is 4.39 Å². The van der Waals surface area contributed by atoms with Crippen LogP contribution in [0.3, 0.4) is 0 Å². The van der Waals surface area contributed by atoms with Crippen molar-refractivity contribution in [1.82, 2.24) is 5.16 Å². The SMILES string of the molecule is CC1CCc2onc(C(=O)Nc3ccc(F)cc3)c2C1. The first-order chi connectivity index (χ1) is 9.63. The van der Waals surface area contributed by atoms with Gasteiger partial charge in [-0.3, -0.25) is 4.79 Å². The Morgan fingerprint density at radius 1 is 1.40 bits per heavy atom. The summed E-state index contributed by atoms with van der Waals surface area (Å²) >= 11 is 0. The summed E-state index contributed by atoms with van der Waals surface area (Å²) in [5.41, 5.74) is 1.79. The molecule has 0 bridgehead atoms. The maximum atomic E-state index is 12.8. The third-order valence-electron chi connectivity index (χ3n) is 3.60. The van der Waals surface area contributed by atoms with Crippen LogP contribution in [-0.4, -0.2) is 11.1 Å². The van der Waals surface area contributed by atoms with Gasteiger partial charge < -0.3 is 9.84 Å². The molecule has 0 spiro atoms. The van der Waals surface area contributed by atoms with Crippen molar-refractivity contribution in [1.29, 1.82) is 0 Å². The van der Waals surface area contributed by atoms with Crippen LogP contribution in [0, 0.1) is 11.7 Å². The second kappa shape index (κ2) is 5.07. The van der Waals surface area contributed by atoms with E-state index in [1.54, 1.807) is 0 Å². The number of aryl methyl sites for hydroxylation is 1. The molecular formula is C15H15FN2O2. The first-order valence-corrected chi connectivity index (χ1v) is 6.68. The van der Waals surface area contributed by atoms with Crippen molar-refractivity contribution in [3.8, 4) is 0 Å². The van der Waals surface area contributed by atoms with Gasteiger partial charge >= 0.3 is 0 Å². The maximum Gasteiger partial charge on any atom is 0.278 e. The van der Waals surface area contributed by atoms with Crippen molar-refractivity contribution >= 4 is 11.6 Å². The van der Waals surface area contributed by atoms with E-state index in [0.717, 1.165) is 30.6 Å². The molecule has 4 nitrogen and oxygen atoms in total. The lowest BCUT2D eigenvalue weighted by Gasteiger charge is -2.16. The van der Waals surface area contributed by atoms with Crippen molar-refractivity contribution in [2.24, 2.45) is 5.92 Å². The van der Waals surface area contributed by atoms with Crippen LogP contribution in [-0.2, 0) is 12.8 Å². The Hall–Kier alpha value is -2.17. The lowest BCUT2D eigenvalue weighted by Crippen LogP contribution is -2.17. The fourth-order valence-electron chi connectivity index (χ4n) is 2.48.